The number of carbonyl (C=O) groups excluding carboxylic acids is 1. The number of benzene rings is 1. The largest absolute Gasteiger partial charge is 0.369 e. The molecule has 0 heterocycles. The van der Waals surface area contributed by atoms with E-state index in [0.29, 0.717) is 31.8 Å². The number of carbonyl (C=O) groups is 1. The second-order valence-corrected chi connectivity index (χ2v) is 7.39. The fourth-order valence-electron chi connectivity index (χ4n) is 2.28. The summed E-state index contributed by atoms with van der Waals surface area (Å²) in [6.45, 7) is 8.28. The van der Waals surface area contributed by atoms with E-state index in [1.807, 2.05) is 13.8 Å². The van der Waals surface area contributed by atoms with Crippen molar-refractivity contribution in [1.82, 2.24) is 4.31 Å². The lowest BCUT2D eigenvalue weighted by atomic mass is 10.2. The van der Waals surface area contributed by atoms with E-state index >= 15 is 0 Å². The van der Waals surface area contributed by atoms with Gasteiger partial charge in [-0.3, -0.25) is 4.79 Å². The number of halogens is 1. The molecular formula is C16H25ClN2O4S. The Morgan fingerprint density at radius 3 is 2.38 bits per heavy atom. The smallest absolute Gasteiger partial charge is 0.253 e. The van der Waals surface area contributed by atoms with Crippen molar-refractivity contribution in [1.29, 1.82) is 0 Å². The van der Waals surface area contributed by atoms with Gasteiger partial charge in [-0.1, -0.05) is 32.4 Å². The topological polar surface area (TPSA) is 75.7 Å². The molecule has 0 bridgehead atoms. The third-order valence-corrected chi connectivity index (χ3v) is 6.08. The zero-order chi connectivity index (χ0) is 18.3. The number of ether oxygens (including phenoxy) is 1. The summed E-state index contributed by atoms with van der Waals surface area (Å²) in [5, 5.41) is 2.81. The number of nitrogens with one attached hydrogen (secondary N) is 1. The SMILES string of the molecule is CCOC(CC)C(=O)Nc1ccc(Cl)c(S(=O)(=O)N(CC)CC)c1. The number of hydrogen-bond donors (Lipinski definition) is 1. The molecule has 1 rings (SSSR count). The molecule has 8 heteroatoms. The van der Waals surface area contributed by atoms with Crippen LogP contribution in [0.5, 0.6) is 0 Å². The molecule has 0 saturated heterocycles. The molecule has 0 aliphatic rings. The van der Waals surface area contributed by atoms with Crippen LogP contribution in [0.25, 0.3) is 0 Å². The van der Waals surface area contributed by atoms with Crippen molar-refractivity contribution in [3.05, 3.63) is 23.2 Å². The molecular weight excluding hydrogens is 352 g/mol. The molecule has 0 spiro atoms. The number of nitrogens with zero attached hydrogens (tertiary/aromatic N) is 1. The molecule has 0 aliphatic heterocycles. The van der Waals surface area contributed by atoms with Gasteiger partial charge in [-0.05, 0) is 31.5 Å². The minimum atomic E-state index is -3.71. The predicted molar refractivity (Wildman–Crippen MR) is 95.9 cm³/mol. The maximum Gasteiger partial charge on any atom is 0.253 e. The van der Waals surface area contributed by atoms with E-state index in [1.54, 1.807) is 19.9 Å². The van der Waals surface area contributed by atoms with E-state index in [-0.39, 0.29) is 15.8 Å². The van der Waals surface area contributed by atoms with E-state index < -0.39 is 16.1 Å². The van der Waals surface area contributed by atoms with Gasteiger partial charge >= 0.3 is 0 Å². The van der Waals surface area contributed by atoms with Crippen LogP contribution in [0.3, 0.4) is 0 Å². The minimum Gasteiger partial charge on any atom is -0.369 e. The number of rotatable bonds is 9. The van der Waals surface area contributed by atoms with Gasteiger partial charge in [-0.25, -0.2) is 8.42 Å². The first-order chi connectivity index (χ1) is 11.3. The Bertz CT molecular complexity index is 660. The summed E-state index contributed by atoms with van der Waals surface area (Å²) in [4.78, 5) is 12.2. The number of hydrogen-bond acceptors (Lipinski definition) is 4. The maximum absolute atomic E-state index is 12.6. The second-order valence-electron chi connectivity index (χ2n) is 5.08. The standard InChI is InChI=1S/C16H25ClN2O4S/c1-5-14(23-8-4)16(20)18-12-9-10-13(17)15(11-12)24(21,22)19(6-2)7-3/h9-11,14H,5-8H2,1-4H3,(H,18,20). The van der Waals surface area contributed by atoms with Gasteiger partial charge in [0.25, 0.3) is 5.91 Å². The van der Waals surface area contributed by atoms with Crippen molar-refractivity contribution >= 4 is 33.2 Å². The highest BCUT2D eigenvalue weighted by Gasteiger charge is 2.25. The molecule has 136 valence electrons. The van der Waals surface area contributed by atoms with Crippen LogP contribution in [0.2, 0.25) is 5.02 Å². The van der Waals surface area contributed by atoms with E-state index in [1.165, 1.54) is 16.4 Å². The number of sulfonamides is 1. The van der Waals surface area contributed by atoms with Crippen LogP contribution in [0, 0.1) is 0 Å². The first-order valence-electron chi connectivity index (χ1n) is 8.03. The summed E-state index contributed by atoms with van der Waals surface area (Å²) in [5.74, 6) is -0.312. The van der Waals surface area contributed by atoms with E-state index in [9.17, 15) is 13.2 Å². The van der Waals surface area contributed by atoms with Crippen LogP contribution >= 0.6 is 11.6 Å². The maximum atomic E-state index is 12.6. The third-order valence-electron chi connectivity index (χ3n) is 3.55. The van der Waals surface area contributed by atoms with Crippen LogP contribution in [-0.2, 0) is 19.6 Å². The van der Waals surface area contributed by atoms with Crippen molar-refractivity contribution in [3.63, 3.8) is 0 Å². The zero-order valence-electron chi connectivity index (χ0n) is 14.5. The van der Waals surface area contributed by atoms with Crippen molar-refractivity contribution < 1.29 is 17.9 Å². The Labute approximate surface area is 149 Å². The lowest BCUT2D eigenvalue weighted by Crippen LogP contribution is -2.31. The minimum absolute atomic E-state index is 0.0184. The molecule has 1 aromatic carbocycles. The zero-order valence-corrected chi connectivity index (χ0v) is 16.1. The fourth-order valence-corrected chi connectivity index (χ4v) is 4.24. The van der Waals surface area contributed by atoms with E-state index in [2.05, 4.69) is 5.32 Å². The van der Waals surface area contributed by atoms with Crippen molar-refractivity contribution in [2.45, 2.75) is 45.1 Å². The van der Waals surface area contributed by atoms with Gasteiger partial charge in [0.05, 0.1) is 5.02 Å². The Morgan fingerprint density at radius 1 is 1.25 bits per heavy atom. The Balaban J connectivity index is 3.12. The highest BCUT2D eigenvalue weighted by atomic mass is 35.5. The molecule has 0 fully saturated rings. The van der Waals surface area contributed by atoms with Crippen molar-refractivity contribution in [3.8, 4) is 0 Å². The molecule has 0 aliphatic carbocycles. The summed E-state index contributed by atoms with van der Waals surface area (Å²) >= 11 is 6.07. The molecule has 0 radical (unpaired) electrons. The fraction of sp³-hybridized carbons (Fsp3) is 0.562. The van der Waals surface area contributed by atoms with E-state index in [4.69, 9.17) is 16.3 Å². The third kappa shape index (κ3) is 4.92. The van der Waals surface area contributed by atoms with Gasteiger partial charge in [0, 0.05) is 25.4 Å². The lowest BCUT2D eigenvalue weighted by Gasteiger charge is -2.20. The van der Waals surface area contributed by atoms with Gasteiger partial charge in [0.2, 0.25) is 10.0 Å². The Kier molecular flexibility index (Phi) is 8.15. The average Bonchev–Trinajstić information content (AvgIpc) is 2.54. The highest BCUT2D eigenvalue weighted by Crippen LogP contribution is 2.28. The monoisotopic (exact) mass is 376 g/mol. The average molecular weight is 377 g/mol. The van der Waals surface area contributed by atoms with Gasteiger partial charge in [-0.2, -0.15) is 4.31 Å². The van der Waals surface area contributed by atoms with Crippen molar-refractivity contribution in [2.24, 2.45) is 0 Å². The molecule has 0 aromatic heterocycles. The van der Waals surface area contributed by atoms with Crippen molar-refractivity contribution in [2.75, 3.05) is 25.0 Å². The van der Waals surface area contributed by atoms with Crippen LogP contribution in [0.1, 0.15) is 34.1 Å². The molecule has 1 atom stereocenters. The highest BCUT2D eigenvalue weighted by molar-refractivity contribution is 7.89. The normalized spacial score (nSPS) is 13.1. The molecule has 1 amide bonds. The second kappa shape index (κ2) is 9.36. The first kappa shape index (κ1) is 20.9. The Morgan fingerprint density at radius 2 is 1.88 bits per heavy atom. The van der Waals surface area contributed by atoms with Crippen LogP contribution in [0.4, 0.5) is 5.69 Å². The van der Waals surface area contributed by atoms with Gasteiger partial charge in [0.15, 0.2) is 0 Å². The van der Waals surface area contributed by atoms with Gasteiger partial charge < -0.3 is 10.1 Å². The summed E-state index contributed by atoms with van der Waals surface area (Å²) in [6.07, 6.45) is -0.0498. The molecule has 24 heavy (non-hydrogen) atoms. The molecule has 6 nitrogen and oxygen atoms in total. The lowest BCUT2D eigenvalue weighted by molar-refractivity contribution is -0.127. The molecule has 1 aromatic rings. The van der Waals surface area contributed by atoms with Crippen LogP contribution in [0.15, 0.2) is 23.1 Å². The van der Waals surface area contributed by atoms with Gasteiger partial charge in [0.1, 0.15) is 11.0 Å². The molecule has 1 N–H and O–H groups in total. The quantitative estimate of drug-likeness (QED) is 0.718. The summed E-state index contributed by atoms with van der Waals surface area (Å²) in [5.41, 5.74) is 0.369. The van der Waals surface area contributed by atoms with E-state index in [0.717, 1.165) is 0 Å². The Hall–Kier alpha value is -1.15. The summed E-state index contributed by atoms with van der Waals surface area (Å²) in [6, 6.07) is 4.42. The number of amides is 1. The first-order valence-corrected chi connectivity index (χ1v) is 9.85. The number of anilines is 1. The predicted octanol–water partition coefficient (Wildman–Crippen LogP) is 3.12. The van der Waals surface area contributed by atoms with Crippen LogP contribution in [-0.4, -0.2) is 44.4 Å². The molecule has 1 unspecified atom stereocenters. The van der Waals surface area contributed by atoms with Gasteiger partial charge in [-0.15, -0.1) is 0 Å². The summed E-state index contributed by atoms with van der Waals surface area (Å²) < 4.78 is 32.0. The summed E-state index contributed by atoms with van der Waals surface area (Å²) in [7, 11) is -3.71. The van der Waals surface area contributed by atoms with Crippen LogP contribution < -0.4 is 5.32 Å². The molecule has 0 saturated carbocycles.